The first kappa shape index (κ1) is 21.8. The van der Waals surface area contributed by atoms with E-state index in [1.807, 2.05) is 6.07 Å². The molecule has 0 saturated carbocycles. The summed E-state index contributed by atoms with van der Waals surface area (Å²) >= 11 is 0. The Bertz CT molecular complexity index is 664. The van der Waals surface area contributed by atoms with Crippen LogP contribution in [-0.4, -0.2) is 42.7 Å². The van der Waals surface area contributed by atoms with E-state index in [0.717, 1.165) is 25.8 Å². The summed E-state index contributed by atoms with van der Waals surface area (Å²) in [5.74, 6) is -0.713. The Morgan fingerprint density at radius 3 is 2.56 bits per heavy atom. The molecule has 2 atom stereocenters. The van der Waals surface area contributed by atoms with Gasteiger partial charge in [0.05, 0.1) is 0 Å². The van der Waals surface area contributed by atoms with E-state index in [1.54, 1.807) is 0 Å². The van der Waals surface area contributed by atoms with Crippen molar-refractivity contribution in [3.05, 3.63) is 48.0 Å². The molecule has 2 aromatic carbocycles. The zero-order valence-corrected chi connectivity index (χ0v) is 16.6. The normalized spacial score (nSPS) is 18.0. The molecular weight excluding hydrogens is 407 g/mol. The summed E-state index contributed by atoms with van der Waals surface area (Å²) < 4.78 is 0. The Kier molecular flexibility index (Phi) is 9.31. The summed E-state index contributed by atoms with van der Waals surface area (Å²) in [6.45, 7) is 3.06. The molecule has 0 spiro atoms. The van der Waals surface area contributed by atoms with Gasteiger partial charge in [0, 0.05) is 26.5 Å². The third-order valence-corrected chi connectivity index (χ3v) is 4.55. The molecule has 2 N–H and O–H groups in total. The van der Waals surface area contributed by atoms with Crippen molar-refractivity contribution in [1.29, 1.82) is 0 Å². The number of hydrogen-bond donors (Lipinski definition) is 2. The zero-order valence-electron chi connectivity index (χ0n) is 15.1. The summed E-state index contributed by atoms with van der Waals surface area (Å²) in [7, 11) is 4.20. The monoisotopic (exact) mass is 433 g/mol. The fourth-order valence-corrected chi connectivity index (χ4v) is 2.85. The van der Waals surface area contributed by atoms with E-state index in [9.17, 15) is 4.79 Å². The molecule has 0 unspecified atom stereocenters. The van der Waals surface area contributed by atoms with Gasteiger partial charge in [0.25, 0.3) is 0 Å². The molecule has 0 amide bonds. The first-order valence-electron chi connectivity index (χ1n) is 8.52. The van der Waals surface area contributed by atoms with Crippen molar-refractivity contribution in [3.8, 4) is 0 Å². The Balaban J connectivity index is 0.000000270. The SMILES string of the molecule is C[C@@H](c1[c-]ccc2ccccc12)N(C)C.O=C(O)[C@H]1CCCCN1.[Pd]. The maximum atomic E-state index is 10.3. The third kappa shape index (κ3) is 6.20. The van der Waals surface area contributed by atoms with E-state index in [1.165, 1.54) is 16.3 Å². The number of piperidine rings is 1. The van der Waals surface area contributed by atoms with Crippen LogP contribution in [0.3, 0.4) is 0 Å². The molecule has 0 aliphatic carbocycles. The predicted octanol–water partition coefficient (Wildman–Crippen LogP) is 3.47. The average Bonchev–Trinajstić information content (AvgIpc) is 2.62. The first-order valence-corrected chi connectivity index (χ1v) is 8.52. The fourth-order valence-electron chi connectivity index (χ4n) is 2.85. The second-order valence-corrected chi connectivity index (χ2v) is 6.46. The fraction of sp³-hybridized carbons (Fsp3) is 0.450. The van der Waals surface area contributed by atoms with Crippen LogP contribution in [0, 0.1) is 6.07 Å². The van der Waals surface area contributed by atoms with Crippen LogP contribution < -0.4 is 5.32 Å². The van der Waals surface area contributed by atoms with Crippen LogP contribution >= 0.6 is 0 Å². The molecule has 1 saturated heterocycles. The van der Waals surface area contributed by atoms with Crippen LogP contribution in [0.4, 0.5) is 0 Å². The predicted molar refractivity (Wildman–Crippen MR) is 98.2 cm³/mol. The Morgan fingerprint density at radius 1 is 1.28 bits per heavy atom. The van der Waals surface area contributed by atoms with Gasteiger partial charge >= 0.3 is 5.97 Å². The standard InChI is InChI=1S/C14H16N.C6H11NO2.Pd/c1-11(15(2)3)13-10-6-8-12-7-4-5-9-14(12)13;8-6(9)5-3-1-2-4-7-5;/h4-9,11H,1-3H3;5,7H,1-4H2,(H,8,9);/q-1;;/t11-;5-;/m01./s1. The molecule has 1 aliphatic heterocycles. The molecule has 1 fully saturated rings. The van der Waals surface area contributed by atoms with Crippen LogP contribution in [0.25, 0.3) is 10.8 Å². The van der Waals surface area contributed by atoms with Crippen LogP contribution in [0.15, 0.2) is 36.4 Å². The number of nitrogens with zero attached hydrogens (tertiary/aromatic N) is 1. The molecule has 0 radical (unpaired) electrons. The maximum Gasteiger partial charge on any atom is 0.320 e. The Morgan fingerprint density at radius 2 is 2.00 bits per heavy atom. The second kappa shape index (κ2) is 10.7. The van der Waals surface area contributed by atoms with E-state index in [2.05, 4.69) is 67.6 Å². The topological polar surface area (TPSA) is 52.6 Å². The summed E-state index contributed by atoms with van der Waals surface area (Å²) in [6.07, 6.45) is 2.95. The van der Waals surface area contributed by atoms with Gasteiger partial charge in [0.1, 0.15) is 6.04 Å². The molecule has 0 aromatic heterocycles. The Labute approximate surface area is 164 Å². The van der Waals surface area contributed by atoms with Crippen molar-refractivity contribution >= 4 is 16.7 Å². The van der Waals surface area contributed by atoms with E-state index in [-0.39, 0.29) is 26.5 Å². The van der Waals surface area contributed by atoms with Gasteiger partial charge in [0.15, 0.2) is 0 Å². The number of aliphatic carboxylic acids is 1. The summed E-state index contributed by atoms with van der Waals surface area (Å²) in [4.78, 5) is 12.5. The van der Waals surface area contributed by atoms with Gasteiger partial charge in [-0.15, -0.1) is 22.4 Å². The Hall–Kier alpha value is -1.25. The number of carboxylic acids is 1. The number of hydrogen-bond acceptors (Lipinski definition) is 3. The van der Waals surface area contributed by atoms with Crippen molar-refractivity contribution in [2.24, 2.45) is 0 Å². The van der Waals surface area contributed by atoms with Gasteiger partial charge < -0.3 is 15.3 Å². The molecule has 3 rings (SSSR count). The number of carboxylic acid groups (broad SMARTS) is 1. The molecule has 5 heteroatoms. The molecule has 1 aliphatic rings. The molecule has 0 bridgehead atoms. The third-order valence-electron chi connectivity index (χ3n) is 4.55. The van der Waals surface area contributed by atoms with Gasteiger partial charge in [-0.25, -0.2) is 0 Å². The van der Waals surface area contributed by atoms with Crippen LogP contribution in [0.5, 0.6) is 0 Å². The van der Waals surface area contributed by atoms with Crippen molar-refractivity contribution in [2.75, 3.05) is 20.6 Å². The largest absolute Gasteiger partial charge is 0.480 e. The van der Waals surface area contributed by atoms with Gasteiger partial charge in [-0.3, -0.25) is 4.79 Å². The molecule has 2 aromatic rings. The minimum atomic E-state index is -0.713. The minimum absolute atomic E-state index is 0. The van der Waals surface area contributed by atoms with Crippen molar-refractivity contribution in [2.45, 2.75) is 38.3 Å². The smallest absolute Gasteiger partial charge is 0.320 e. The number of benzene rings is 2. The average molecular weight is 434 g/mol. The van der Waals surface area contributed by atoms with Crippen molar-refractivity contribution in [3.63, 3.8) is 0 Å². The number of nitrogens with one attached hydrogen (secondary N) is 1. The quantitative estimate of drug-likeness (QED) is 0.575. The van der Waals surface area contributed by atoms with Gasteiger partial charge in [-0.05, 0) is 40.4 Å². The van der Waals surface area contributed by atoms with E-state index >= 15 is 0 Å². The molecule has 1 heterocycles. The van der Waals surface area contributed by atoms with Crippen LogP contribution in [0.1, 0.15) is 37.8 Å². The molecular formula is C20H27N2O2Pd-. The number of fused-ring (bicyclic) bond motifs is 1. The van der Waals surface area contributed by atoms with E-state index in [4.69, 9.17) is 5.11 Å². The van der Waals surface area contributed by atoms with Crippen LogP contribution in [-0.2, 0) is 25.2 Å². The zero-order chi connectivity index (χ0) is 17.5. The van der Waals surface area contributed by atoms with Gasteiger partial charge in [0.2, 0.25) is 0 Å². The van der Waals surface area contributed by atoms with E-state index in [0.29, 0.717) is 6.04 Å². The summed E-state index contributed by atoms with van der Waals surface area (Å²) in [6, 6.07) is 16.1. The van der Waals surface area contributed by atoms with Gasteiger partial charge in [-0.2, -0.15) is 18.2 Å². The maximum absolute atomic E-state index is 10.3. The first-order chi connectivity index (χ1) is 11.5. The number of rotatable bonds is 3. The second-order valence-electron chi connectivity index (χ2n) is 6.46. The van der Waals surface area contributed by atoms with E-state index < -0.39 is 5.97 Å². The molecule has 25 heavy (non-hydrogen) atoms. The van der Waals surface area contributed by atoms with Gasteiger partial charge in [-0.1, -0.05) is 24.6 Å². The van der Waals surface area contributed by atoms with Crippen LogP contribution in [0.2, 0.25) is 0 Å². The van der Waals surface area contributed by atoms with Crippen molar-refractivity contribution < 1.29 is 30.3 Å². The number of carbonyl (C=O) groups is 1. The summed E-state index contributed by atoms with van der Waals surface area (Å²) in [5, 5.41) is 14.0. The van der Waals surface area contributed by atoms with Crippen molar-refractivity contribution in [1.82, 2.24) is 10.2 Å². The minimum Gasteiger partial charge on any atom is -0.480 e. The molecule has 4 nitrogen and oxygen atoms in total. The summed E-state index contributed by atoms with van der Waals surface area (Å²) in [5.41, 5.74) is 1.28. The molecule has 140 valence electrons.